The Kier molecular flexibility index (Phi) is 10.5. The van der Waals surface area contributed by atoms with Gasteiger partial charge in [0.1, 0.15) is 12.2 Å². The first-order valence-electron chi connectivity index (χ1n) is 12.7. The van der Waals surface area contributed by atoms with Crippen molar-refractivity contribution in [2.45, 2.75) is 57.5 Å². The predicted molar refractivity (Wildman–Crippen MR) is 136 cm³/mol. The number of aliphatic hydroxyl groups excluding tert-OH is 3. The average Bonchev–Trinajstić information content (AvgIpc) is 3.30. The second-order valence-electron chi connectivity index (χ2n) is 8.91. The van der Waals surface area contributed by atoms with Gasteiger partial charge >= 0.3 is 0 Å². The molecule has 0 bridgehead atoms. The van der Waals surface area contributed by atoms with Crippen LogP contribution in [0.1, 0.15) is 43.7 Å². The second kappa shape index (κ2) is 13.6. The van der Waals surface area contributed by atoms with Crippen LogP contribution < -0.4 is 14.8 Å². The predicted octanol–water partition coefficient (Wildman–Crippen LogP) is 1.03. The number of fused-ring (bicyclic) bond motifs is 3. The van der Waals surface area contributed by atoms with Crippen LogP contribution in [-0.2, 0) is 20.9 Å². The van der Waals surface area contributed by atoms with E-state index in [1.165, 1.54) is 18.1 Å². The highest BCUT2D eigenvalue weighted by Crippen LogP contribution is 2.51. The summed E-state index contributed by atoms with van der Waals surface area (Å²) in [6.07, 6.45) is 4.03. The van der Waals surface area contributed by atoms with Crippen molar-refractivity contribution in [2.24, 2.45) is 0 Å². The Morgan fingerprint density at radius 2 is 2.03 bits per heavy atom. The minimum Gasteiger partial charge on any atom is -0.493 e. The molecular weight excluding hydrogens is 480 g/mol. The molecule has 4 atom stereocenters. The van der Waals surface area contributed by atoms with E-state index in [1.807, 2.05) is 13.8 Å². The molecule has 0 spiro atoms. The fraction of sp³-hybridized carbons (Fsp3) is 0.556. The summed E-state index contributed by atoms with van der Waals surface area (Å²) in [5.74, 6) is -0.618. The summed E-state index contributed by atoms with van der Waals surface area (Å²) in [4.78, 5) is 28.0. The Labute approximate surface area is 217 Å². The SMILES string of the molecule is CCC=CC(=O)N(CCCOCC)C1C=C(C(=O)NCCO)C2c3cc(CO)cc(OC)c3OC2C1O. The first-order valence-corrected chi connectivity index (χ1v) is 12.7. The molecule has 0 saturated carbocycles. The number of nitrogens with zero attached hydrogens (tertiary/aromatic N) is 1. The molecule has 1 aromatic rings. The number of carbonyl (C=O) groups is 2. The topological polar surface area (TPSA) is 138 Å². The number of hydrogen-bond donors (Lipinski definition) is 4. The minimum atomic E-state index is -1.15. The number of aliphatic hydroxyl groups is 3. The fourth-order valence-electron chi connectivity index (χ4n) is 4.82. The highest BCUT2D eigenvalue weighted by atomic mass is 16.5. The number of nitrogens with one attached hydrogen (secondary N) is 1. The summed E-state index contributed by atoms with van der Waals surface area (Å²) in [6, 6.07) is 2.54. The lowest BCUT2D eigenvalue weighted by atomic mass is 9.77. The molecule has 0 radical (unpaired) electrons. The summed E-state index contributed by atoms with van der Waals surface area (Å²) in [5.41, 5.74) is 1.49. The van der Waals surface area contributed by atoms with Crippen molar-refractivity contribution >= 4 is 11.8 Å². The van der Waals surface area contributed by atoms with Gasteiger partial charge in [-0.2, -0.15) is 0 Å². The molecule has 4 N–H and O–H groups in total. The van der Waals surface area contributed by atoms with Crippen molar-refractivity contribution < 1.29 is 39.1 Å². The van der Waals surface area contributed by atoms with Crippen LogP contribution in [0, 0.1) is 0 Å². The van der Waals surface area contributed by atoms with Crippen LogP contribution >= 0.6 is 0 Å². The van der Waals surface area contributed by atoms with Crippen LogP contribution in [0.3, 0.4) is 0 Å². The summed E-state index contributed by atoms with van der Waals surface area (Å²) >= 11 is 0. The van der Waals surface area contributed by atoms with Crippen LogP contribution in [0.25, 0.3) is 0 Å². The molecule has 0 saturated heterocycles. The maximum atomic E-state index is 13.3. The van der Waals surface area contributed by atoms with Crippen molar-refractivity contribution in [3.63, 3.8) is 0 Å². The number of allylic oxidation sites excluding steroid dienone is 1. The zero-order valence-corrected chi connectivity index (χ0v) is 21.7. The monoisotopic (exact) mass is 518 g/mol. The molecular formula is C27H38N2O8. The normalized spacial score (nSPS) is 22.2. The number of rotatable bonds is 13. The molecule has 204 valence electrons. The molecule has 3 rings (SSSR count). The van der Waals surface area contributed by atoms with Crippen molar-refractivity contribution in [1.29, 1.82) is 0 Å². The molecule has 0 fully saturated rings. The van der Waals surface area contributed by atoms with Gasteiger partial charge in [0, 0.05) is 37.4 Å². The average molecular weight is 519 g/mol. The number of hydrogen-bond acceptors (Lipinski definition) is 8. The van der Waals surface area contributed by atoms with Crippen LogP contribution in [0.4, 0.5) is 0 Å². The van der Waals surface area contributed by atoms with Gasteiger partial charge in [-0.15, -0.1) is 0 Å². The Morgan fingerprint density at radius 1 is 1.24 bits per heavy atom. The van der Waals surface area contributed by atoms with E-state index in [4.69, 9.17) is 14.2 Å². The van der Waals surface area contributed by atoms with Gasteiger partial charge in [0.2, 0.25) is 11.8 Å². The lowest BCUT2D eigenvalue weighted by molar-refractivity contribution is -0.132. The van der Waals surface area contributed by atoms with Crippen LogP contribution in [0.5, 0.6) is 11.5 Å². The van der Waals surface area contributed by atoms with E-state index in [0.29, 0.717) is 60.8 Å². The Bertz CT molecular complexity index is 1010. The van der Waals surface area contributed by atoms with Crippen molar-refractivity contribution in [3.05, 3.63) is 47.1 Å². The molecule has 2 aliphatic rings. The number of amides is 2. The fourth-order valence-corrected chi connectivity index (χ4v) is 4.82. The van der Waals surface area contributed by atoms with Crippen molar-refractivity contribution in [1.82, 2.24) is 10.2 Å². The smallest absolute Gasteiger partial charge is 0.247 e. The molecule has 10 heteroatoms. The highest BCUT2D eigenvalue weighted by molar-refractivity contribution is 5.96. The van der Waals surface area contributed by atoms with Gasteiger partial charge in [0.15, 0.2) is 11.5 Å². The van der Waals surface area contributed by atoms with E-state index >= 15 is 0 Å². The molecule has 0 aromatic heterocycles. The van der Waals surface area contributed by atoms with Crippen molar-refractivity contribution in [3.8, 4) is 11.5 Å². The van der Waals surface area contributed by atoms with Crippen LogP contribution in [0.15, 0.2) is 35.9 Å². The molecule has 10 nitrogen and oxygen atoms in total. The van der Waals surface area contributed by atoms with Crippen LogP contribution in [0.2, 0.25) is 0 Å². The number of benzene rings is 1. The first-order chi connectivity index (χ1) is 17.9. The quantitative estimate of drug-likeness (QED) is 0.224. The number of carbonyl (C=O) groups excluding carboxylic acids is 2. The third kappa shape index (κ3) is 6.32. The summed E-state index contributed by atoms with van der Waals surface area (Å²) < 4.78 is 17.1. The Morgan fingerprint density at radius 3 is 2.68 bits per heavy atom. The molecule has 2 amide bonds. The number of methoxy groups -OCH3 is 1. The van der Waals surface area contributed by atoms with Gasteiger partial charge < -0.3 is 39.7 Å². The van der Waals surface area contributed by atoms with Gasteiger partial charge in [0.25, 0.3) is 0 Å². The largest absolute Gasteiger partial charge is 0.493 e. The Hall–Kier alpha value is -2.92. The molecule has 4 unspecified atom stereocenters. The van der Waals surface area contributed by atoms with E-state index in [9.17, 15) is 24.9 Å². The lowest BCUT2D eigenvalue weighted by Gasteiger charge is -2.40. The van der Waals surface area contributed by atoms with E-state index < -0.39 is 30.1 Å². The molecule has 1 aromatic carbocycles. The van der Waals surface area contributed by atoms with Gasteiger partial charge in [-0.1, -0.05) is 13.0 Å². The van der Waals surface area contributed by atoms with E-state index in [0.717, 1.165) is 0 Å². The third-order valence-electron chi connectivity index (χ3n) is 6.53. The Balaban J connectivity index is 2.07. The van der Waals surface area contributed by atoms with Gasteiger partial charge in [-0.3, -0.25) is 9.59 Å². The van der Waals surface area contributed by atoms with E-state index in [2.05, 4.69) is 5.32 Å². The van der Waals surface area contributed by atoms with Crippen molar-refractivity contribution in [2.75, 3.05) is 40.0 Å². The molecule has 37 heavy (non-hydrogen) atoms. The molecule has 1 aliphatic heterocycles. The zero-order valence-electron chi connectivity index (χ0n) is 21.7. The molecule has 1 aliphatic carbocycles. The summed E-state index contributed by atoms with van der Waals surface area (Å²) in [5, 5.41) is 33.3. The lowest BCUT2D eigenvalue weighted by Crippen LogP contribution is -2.55. The minimum absolute atomic E-state index is 0.0464. The van der Waals surface area contributed by atoms with Gasteiger partial charge in [-0.05, 0) is 49.6 Å². The zero-order chi connectivity index (χ0) is 26.9. The van der Waals surface area contributed by atoms with E-state index in [1.54, 1.807) is 24.3 Å². The number of ether oxygens (including phenoxy) is 3. The maximum Gasteiger partial charge on any atom is 0.247 e. The summed E-state index contributed by atoms with van der Waals surface area (Å²) in [7, 11) is 1.48. The summed E-state index contributed by atoms with van der Waals surface area (Å²) in [6.45, 7) is 4.69. The second-order valence-corrected chi connectivity index (χ2v) is 8.91. The van der Waals surface area contributed by atoms with Crippen LogP contribution in [-0.4, -0.2) is 90.3 Å². The van der Waals surface area contributed by atoms with Gasteiger partial charge in [0.05, 0.1) is 32.3 Å². The third-order valence-corrected chi connectivity index (χ3v) is 6.53. The van der Waals surface area contributed by atoms with E-state index in [-0.39, 0.29) is 25.7 Å². The maximum absolute atomic E-state index is 13.3. The highest BCUT2D eigenvalue weighted by Gasteiger charge is 2.51. The standard InChI is InChI=1S/C27H38N2O8/c1-4-6-8-22(32)29(10-7-12-36-5-2)20-15-19(27(34)28-9-11-30)23-18-13-17(16-31)14-21(35-3)25(18)37-26(23)24(20)33/h6,8,13-15,20,23-24,26,30-31,33H,4-5,7,9-12,16H2,1-3H3,(H,28,34). The molecule has 1 heterocycles. The first kappa shape index (κ1) is 28.6. The van der Waals surface area contributed by atoms with Gasteiger partial charge in [-0.25, -0.2) is 0 Å².